The van der Waals surface area contributed by atoms with E-state index in [1.165, 1.54) is 37.7 Å². The minimum absolute atomic E-state index is 0.115. The van der Waals surface area contributed by atoms with Crippen LogP contribution in [0.4, 0.5) is 0 Å². The van der Waals surface area contributed by atoms with Crippen molar-refractivity contribution >= 4 is 10.0 Å². The van der Waals surface area contributed by atoms with Gasteiger partial charge in [-0.15, -0.1) is 0 Å². The molecule has 116 valence electrons. The van der Waals surface area contributed by atoms with Crippen LogP contribution in [0.25, 0.3) is 0 Å². The Labute approximate surface area is 125 Å². The fraction of sp³-hybridized carbons (Fsp3) is 0.429. The van der Waals surface area contributed by atoms with E-state index in [-0.39, 0.29) is 18.0 Å². The minimum atomic E-state index is -3.62. The molecule has 0 unspecified atom stereocenters. The number of hydrogen-bond acceptors (Lipinski definition) is 5. The molecule has 0 fully saturated rings. The maximum absolute atomic E-state index is 12.4. The Kier molecular flexibility index (Phi) is 6.65. The number of sulfonamides is 1. The summed E-state index contributed by atoms with van der Waals surface area (Å²) in [4.78, 5) is 0.115. The van der Waals surface area contributed by atoms with Gasteiger partial charge in [-0.1, -0.05) is 11.8 Å². The molecule has 1 rings (SSSR count). The molecule has 0 aliphatic carbocycles. The SMILES string of the molecule is COCCN(C)S(=O)(=O)c1ccc(OC)c(C#CCO)c1. The Morgan fingerprint density at radius 2 is 2.05 bits per heavy atom. The number of hydrogen-bond donors (Lipinski definition) is 1. The summed E-state index contributed by atoms with van der Waals surface area (Å²) in [6, 6.07) is 4.43. The number of aliphatic hydroxyl groups is 1. The molecule has 0 amide bonds. The highest BCUT2D eigenvalue weighted by molar-refractivity contribution is 7.89. The Morgan fingerprint density at radius 3 is 2.62 bits per heavy atom. The Hall–Kier alpha value is -1.59. The molecule has 0 atom stereocenters. The molecule has 0 heterocycles. The van der Waals surface area contributed by atoms with E-state index >= 15 is 0 Å². The lowest BCUT2D eigenvalue weighted by atomic mass is 10.2. The lowest BCUT2D eigenvalue weighted by Crippen LogP contribution is -2.30. The lowest BCUT2D eigenvalue weighted by molar-refractivity contribution is 0.185. The van der Waals surface area contributed by atoms with Gasteiger partial charge in [0, 0.05) is 20.7 Å². The van der Waals surface area contributed by atoms with Crippen LogP contribution >= 0.6 is 0 Å². The molecule has 0 aliphatic heterocycles. The topological polar surface area (TPSA) is 76.1 Å². The highest BCUT2D eigenvalue weighted by atomic mass is 32.2. The third-order valence-electron chi connectivity index (χ3n) is 2.79. The molecule has 0 saturated heterocycles. The number of aliphatic hydroxyl groups excluding tert-OH is 1. The highest BCUT2D eigenvalue weighted by Gasteiger charge is 2.21. The van der Waals surface area contributed by atoms with Crippen molar-refractivity contribution in [3.63, 3.8) is 0 Å². The normalized spacial score (nSPS) is 11.1. The third-order valence-corrected chi connectivity index (χ3v) is 4.64. The summed E-state index contributed by atoms with van der Waals surface area (Å²) >= 11 is 0. The van der Waals surface area contributed by atoms with Gasteiger partial charge in [0.25, 0.3) is 0 Å². The van der Waals surface area contributed by atoms with Crippen LogP contribution in [0.3, 0.4) is 0 Å². The molecule has 21 heavy (non-hydrogen) atoms. The molecular formula is C14H19NO5S. The zero-order valence-electron chi connectivity index (χ0n) is 12.3. The smallest absolute Gasteiger partial charge is 0.242 e. The molecule has 0 aromatic heterocycles. The van der Waals surface area contributed by atoms with Gasteiger partial charge in [0.15, 0.2) is 0 Å². The zero-order valence-corrected chi connectivity index (χ0v) is 13.1. The summed E-state index contributed by atoms with van der Waals surface area (Å²) in [7, 11) is 0.848. The van der Waals surface area contributed by atoms with Crippen molar-refractivity contribution in [2.45, 2.75) is 4.90 Å². The van der Waals surface area contributed by atoms with Gasteiger partial charge in [0.1, 0.15) is 12.4 Å². The Morgan fingerprint density at radius 1 is 1.33 bits per heavy atom. The van der Waals surface area contributed by atoms with Crippen LogP contribution in [0, 0.1) is 11.8 Å². The van der Waals surface area contributed by atoms with E-state index in [0.717, 1.165) is 0 Å². The van der Waals surface area contributed by atoms with Crippen molar-refractivity contribution in [2.75, 3.05) is 41.0 Å². The second-order valence-corrected chi connectivity index (χ2v) is 6.19. The average molecular weight is 313 g/mol. The fourth-order valence-electron chi connectivity index (χ4n) is 1.60. The van der Waals surface area contributed by atoms with Gasteiger partial charge in [0.2, 0.25) is 10.0 Å². The number of likely N-dealkylation sites (N-methyl/N-ethyl adjacent to an activating group) is 1. The Bertz CT molecular complexity index is 630. The van der Waals surface area contributed by atoms with Crippen molar-refractivity contribution in [1.82, 2.24) is 4.31 Å². The second-order valence-electron chi connectivity index (χ2n) is 4.14. The van der Waals surface area contributed by atoms with Gasteiger partial charge in [-0.3, -0.25) is 0 Å². The summed E-state index contributed by atoms with van der Waals surface area (Å²) in [6.07, 6.45) is 0. The first-order valence-corrected chi connectivity index (χ1v) is 7.64. The molecule has 0 aliphatic rings. The van der Waals surface area contributed by atoms with Crippen LogP contribution in [0.5, 0.6) is 5.75 Å². The number of methoxy groups -OCH3 is 2. The summed E-state index contributed by atoms with van der Waals surface area (Å²) < 4.78 is 36.0. The molecule has 1 aromatic carbocycles. The molecule has 1 N–H and O–H groups in total. The summed E-state index contributed by atoms with van der Waals surface area (Å²) in [5.74, 6) is 5.61. The maximum atomic E-state index is 12.4. The van der Waals surface area contributed by atoms with Crippen molar-refractivity contribution in [2.24, 2.45) is 0 Å². The van der Waals surface area contributed by atoms with Crippen molar-refractivity contribution in [3.8, 4) is 17.6 Å². The molecular weight excluding hydrogens is 294 g/mol. The molecule has 0 saturated carbocycles. The fourth-order valence-corrected chi connectivity index (χ4v) is 2.78. The molecule has 0 bridgehead atoms. The first-order chi connectivity index (χ1) is 9.97. The zero-order chi connectivity index (χ0) is 15.9. The predicted molar refractivity (Wildman–Crippen MR) is 78.6 cm³/mol. The van der Waals surface area contributed by atoms with Gasteiger partial charge in [-0.05, 0) is 18.2 Å². The van der Waals surface area contributed by atoms with E-state index in [9.17, 15) is 8.42 Å². The molecule has 0 radical (unpaired) electrons. The van der Waals surface area contributed by atoms with E-state index in [2.05, 4.69) is 11.8 Å². The van der Waals surface area contributed by atoms with E-state index in [0.29, 0.717) is 17.9 Å². The summed E-state index contributed by atoms with van der Waals surface area (Å²) in [5.41, 5.74) is 0.410. The van der Waals surface area contributed by atoms with Gasteiger partial charge >= 0.3 is 0 Å². The maximum Gasteiger partial charge on any atom is 0.242 e. The average Bonchev–Trinajstić information content (AvgIpc) is 2.49. The van der Waals surface area contributed by atoms with Crippen LogP contribution < -0.4 is 4.74 Å². The summed E-state index contributed by atoms with van der Waals surface area (Å²) in [5, 5.41) is 8.75. The van der Waals surface area contributed by atoms with Gasteiger partial charge in [-0.25, -0.2) is 8.42 Å². The van der Waals surface area contributed by atoms with Gasteiger partial charge in [-0.2, -0.15) is 4.31 Å². The first-order valence-electron chi connectivity index (χ1n) is 6.20. The first kappa shape index (κ1) is 17.5. The minimum Gasteiger partial charge on any atom is -0.495 e. The quantitative estimate of drug-likeness (QED) is 0.765. The Balaban J connectivity index is 3.18. The standard InChI is InChI=1S/C14H19NO5S/c1-15(8-10-19-2)21(17,18)13-6-7-14(20-3)12(11-13)5-4-9-16/h6-7,11,16H,8-10H2,1-3H3. The largest absolute Gasteiger partial charge is 0.495 e. The second kappa shape index (κ2) is 8.00. The van der Waals surface area contributed by atoms with Crippen molar-refractivity contribution < 1.29 is 23.0 Å². The van der Waals surface area contributed by atoms with Crippen LogP contribution in [0.15, 0.2) is 23.1 Å². The van der Waals surface area contributed by atoms with E-state index in [1.807, 2.05) is 0 Å². The van der Waals surface area contributed by atoms with Crippen LogP contribution in [0.1, 0.15) is 5.56 Å². The lowest BCUT2D eigenvalue weighted by Gasteiger charge is -2.17. The number of benzene rings is 1. The van der Waals surface area contributed by atoms with Crippen molar-refractivity contribution in [3.05, 3.63) is 23.8 Å². The van der Waals surface area contributed by atoms with E-state index in [4.69, 9.17) is 14.6 Å². The molecule has 7 heteroatoms. The monoisotopic (exact) mass is 313 g/mol. The predicted octanol–water partition coefficient (Wildman–Crippen LogP) is 0.306. The van der Waals surface area contributed by atoms with Crippen molar-refractivity contribution in [1.29, 1.82) is 0 Å². The van der Waals surface area contributed by atoms with E-state index < -0.39 is 10.0 Å². The van der Waals surface area contributed by atoms with Crippen LogP contribution in [0.2, 0.25) is 0 Å². The molecule has 1 aromatic rings. The van der Waals surface area contributed by atoms with E-state index in [1.54, 1.807) is 6.07 Å². The van der Waals surface area contributed by atoms with Crippen LogP contribution in [-0.2, 0) is 14.8 Å². The molecule has 0 spiro atoms. The number of nitrogens with zero attached hydrogens (tertiary/aromatic N) is 1. The summed E-state index contributed by atoms with van der Waals surface area (Å²) in [6.45, 7) is 0.249. The highest BCUT2D eigenvalue weighted by Crippen LogP contribution is 2.23. The molecule has 6 nitrogen and oxygen atoms in total. The van der Waals surface area contributed by atoms with Gasteiger partial charge in [0.05, 0.1) is 24.2 Å². The van der Waals surface area contributed by atoms with Crippen LogP contribution in [-0.4, -0.2) is 58.9 Å². The van der Waals surface area contributed by atoms with Gasteiger partial charge < -0.3 is 14.6 Å². The number of rotatable bonds is 6. The third kappa shape index (κ3) is 4.44. The number of ether oxygens (including phenoxy) is 2.